The van der Waals surface area contributed by atoms with E-state index in [-0.39, 0.29) is 12.0 Å². The van der Waals surface area contributed by atoms with Gasteiger partial charge in [-0.05, 0) is 52.2 Å². The largest absolute Gasteiger partial charge is 0.324 e. The molecule has 0 bridgehead atoms. The van der Waals surface area contributed by atoms with Gasteiger partial charge >= 0.3 is 0 Å². The summed E-state index contributed by atoms with van der Waals surface area (Å²) in [5, 5.41) is 0. The second kappa shape index (κ2) is 5.75. The van der Waals surface area contributed by atoms with E-state index < -0.39 is 23.5 Å². The Morgan fingerprint density at radius 1 is 1.00 bits per heavy atom. The SMILES string of the molecule is NC(Cc1c(F)cccc1F)c1ccc(Br)c(F)c1. The molecule has 0 aliphatic rings. The predicted octanol–water partition coefficient (Wildman–Crippen LogP) is 4.11. The lowest BCUT2D eigenvalue weighted by Gasteiger charge is -2.13. The Bertz CT molecular complexity index is 581. The van der Waals surface area contributed by atoms with E-state index in [2.05, 4.69) is 15.9 Å². The Balaban J connectivity index is 2.25. The van der Waals surface area contributed by atoms with Crippen LogP contribution in [0.5, 0.6) is 0 Å². The Hall–Kier alpha value is -1.33. The molecular weight excluding hydrogens is 319 g/mol. The van der Waals surface area contributed by atoms with E-state index in [4.69, 9.17) is 5.73 Å². The Morgan fingerprint density at radius 3 is 2.21 bits per heavy atom. The van der Waals surface area contributed by atoms with Gasteiger partial charge in [-0.3, -0.25) is 0 Å². The molecule has 2 N–H and O–H groups in total. The minimum atomic E-state index is -0.672. The maximum Gasteiger partial charge on any atom is 0.137 e. The molecule has 100 valence electrons. The van der Waals surface area contributed by atoms with Gasteiger partial charge in [-0.15, -0.1) is 0 Å². The molecule has 0 radical (unpaired) electrons. The van der Waals surface area contributed by atoms with Crippen molar-refractivity contribution >= 4 is 15.9 Å². The molecule has 2 aromatic carbocycles. The molecule has 0 saturated heterocycles. The van der Waals surface area contributed by atoms with Crippen LogP contribution in [0, 0.1) is 17.5 Å². The molecule has 0 aliphatic heterocycles. The highest BCUT2D eigenvalue weighted by Crippen LogP contribution is 2.23. The van der Waals surface area contributed by atoms with Crippen LogP contribution in [0.3, 0.4) is 0 Å². The van der Waals surface area contributed by atoms with Crippen LogP contribution in [0.25, 0.3) is 0 Å². The van der Waals surface area contributed by atoms with Crippen molar-refractivity contribution in [2.75, 3.05) is 0 Å². The lowest BCUT2D eigenvalue weighted by molar-refractivity contribution is 0.538. The first kappa shape index (κ1) is 14.1. The number of benzene rings is 2. The third kappa shape index (κ3) is 3.16. The fourth-order valence-corrected chi connectivity index (χ4v) is 2.05. The number of rotatable bonds is 3. The minimum Gasteiger partial charge on any atom is -0.324 e. The first-order valence-electron chi connectivity index (χ1n) is 5.62. The zero-order valence-corrected chi connectivity index (χ0v) is 11.4. The molecular formula is C14H11BrF3N. The molecule has 0 amide bonds. The zero-order valence-electron chi connectivity index (χ0n) is 9.84. The lowest BCUT2D eigenvalue weighted by atomic mass is 9.99. The summed E-state index contributed by atoms with van der Waals surface area (Å²) in [6.07, 6.45) is -0.0282. The second-order valence-electron chi connectivity index (χ2n) is 4.18. The van der Waals surface area contributed by atoms with Crippen LogP contribution in [0.2, 0.25) is 0 Å². The highest BCUT2D eigenvalue weighted by molar-refractivity contribution is 9.10. The van der Waals surface area contributed by atoms with Crippen molar-refractivity contribution in [2.24, 2.45) is 5.73 Å². The molecule has 0 fully saturated rings. The van der Waals surface area contributed by atoms with Crippen molar-refractivity contribution in [1.29, 1.82) is 0 Å². The van der Waals surface area contributed by atoms with Crippen molar-refractivity contribution < 1.29 is 13.2 Å². The van der Waals surface area contributed by atoms with Gasteiger partial charge in [0.25, 0.3) is 0 Å². The van der Waals surface area contributed by atoms with Gasteiger partial charge in [-0.2, -0.15) is 0 Å². The fraction of sp³-hybridized carbons (Fsp3) is 0.143. The lowest BCUT2D eigenvalue weighted by Crippen LogP contribution is -2.15. The van der Waals surface area contributed by atoms with E-state index in [1.807, 2.05) is 0 Å². The van der Waals surface area contributed by atoms with Crippen molar-refractivity contribution in [3.8, 4) is 0 Å². The molecule has 2 rings (SSSR count). The van der Waals surface area contributed by atoms with Gasteiger partial charge in [0.1, 0.15) is 17.5 Å². The van der Waals surface area contributed by atoms with Gasteiger partial charge < -0.3 is 5.73 Å². The van der Waals surface area contributed by atoms with Crippen LogP contribution in [0.1, 0.15) is 17.2 Å². The van der Waals surface area contributed by atoms with Crippen molar-refractivity contribution in [1.82, 2.24) is 0 Å². The van der Waals surface area contributed by atoms with Crippen molar-refractivity contribution in [3.05, 3.63) is 69.4 Å². The summed E-state index contributed by atoms with van der Waals surface area (Å²) in [6.45, 7) is 0. The summed E-state index contributed by atoms with van der Waals surface area (Å²) in [7, 11) is 0. The molecule has 0 aromatic heterocycles. The van der Waals surface area contributed by atoms with Gasteiger partial charge in [0, 0.05) is 11.6 Å². The van der Waals surface area contributed by atoms with E-state index in [9.17, 15) is 13.2 Å². The average Bonchev–Trinajstić information content (AvgIpc) is 2.37. The summed E-state index contributed by atoms with van der Waals surface area (Å²) in [5.41, 5.74) is 6.27. The number of hydrogen-bond donors (Lipinski definition) is 1. The third-order valence-corrected chi connectivity index (χ3v) is 3.50. The van der Waals surface area contributed by atoms with Crippen LogP contribution in [0.15, 0.2) is 40.9 Å². The average molecular weight is 330 g/mol. The van der Waals surface area contributed by atoms with E-state index >= 15 is 0 Å². The normalized spacial score (nSPS) is 12.5. The van der Waals surface area contributed by atoms with E-state index in [1.165, 1.54) is 30.3 Å². The second-order valence-corrected chi connectivity index (χ2v) is 5.04. The quantitative estimate of drug-likeness (QED) is 0.901. The maximum atomic E-state index is 13.5. The van der Waals surface area contributed by atoms with E-state index in [0.29, 0.717) is 10.0 Å². The van der Waals surface area contributed by atoms with Crippen LogP contribution in [0.4, 0.5) is 13.2 Å². The Kier molecular flexibility index (Phi) is 4.27. The topological polar surface area (TPSA) is 26.0 Å². The maximum absolute atomic E-state index is 13.5. The number of nitrogens with two attached hydrogens (primary N) is 1. The summed E-state index contributed by atoms with van der Waals surface area (Å²) in [5.74, 6) is -1.75. The molecule has 2 aromatic rings. The Labute approximate surface area is 117 Å². The molecule has 19 heavy (non-hydrogen) atoms. The Morgan fingerprint density at radius 2 is 1.63 bits per heavy atom. The zero-order chi connectivity index (χ0) is 14.0. The van der Waals surface area contributed by atoms with Gasteiger partial charge in [-0.1, -0.05) is 12.1 Å². The molecule has 1 atom stereocenters. The molecule has 1 unspecified atom stereocenters. The number of hydrogen-bond acceptors (Lipinski definition) is 1. The molecule has 1 nitrogen and oxygen atoms in total. The van der Waals surface area contributed by atoms with Crippen LogP contribution in [-0.4, -0.2) is 0 Å². The smallest absolute Gasteiger partial charge is 0.137 e. The summed E-state index contributed by atoms with van der Waals surface area (Å²) >= 11 is 3.03. The first-order chi connectivity index (χ1) is 8.99. The van der Waals surface area contributed by atoms with Gasteiger partial charge in [0.2, 0.25) is 0 Å². The molecule has 0 saturated carbocycles. The van der Waals surface area contributed by atoms with Crippen molar-refractivity contribution in [3.63, 3.8) is 0 Å². The minimum absolute atomic E-state index is 0.0282. The highest BCUT2D eigenvalue weighted by atomic mass is 79.9. The number of halogens is 4. The van der Waals surface area contributed by atoms with Gasteiger partial charge in [0.05, 0.1) is 4.47 Å². The molecule has 5 heteroatoms. The molecule has 0 aliphatic carbocycles. The van der Waals surface area contributed by atoms with Crippen LogP contribution in [-0.2, 0) is 6.42 Å². The fourth-order valence-electron chi connectivity index (χ4n) is 1.81. The van der Waals surface area contributed by atoms with E-state index in [1.54, 1.807) is 6.07 Å². The van der Waals surface area contributed by atoms with E-state index in [0.717, 1.165) is 0 Å². The highest BCUT2D eigenvalue weighted by Gasteiger charge is 2.15. The summed E-state index contributed by atoms with van der Waals surface area (Å²) in [4.78, 5) is 0. The third-order valence-electron chi connectivity index (χ3n) is 2.86. The first-order valence-corrected chi connectivity index (χ1v) is 6.41. The van der Waals surface area contributed by atoms with Crippen LogP contribution >= 0.6 is 15.9 Å². The summed E-state index contributed by atoms with van der Waals surface area (Å²) < 4.78 is 40.7. The van der Waals surface area contributed by atoms with Crippen LogP contribution < -0.4 is 5.73 Å². The van der Waals surface area contributed by atoms with Gasteiger partial charge in [-0.25, -0.2) is 13.2 Å². The predicted molar refractivity (Wildman–Crippen MR) is 71.1 cm³/mol. The summed E-state index contributed by atoms with van der Waals surface area (Å²) in [6, 6.07) is 7.36. The monoisotopic (exact) mass is 329 g/mol. The van der Waals surface area contributed by atoms with Gasteiger partial charge in [0.15, 0.2) is 0 Å². The van der Waals surface area contributed by atoms with Crippen molar-refractivity contribution in [2.45, 2.75) is 12.5 Å². The molecule has 0 spiro atoms. The standard InChI is InChI=1S/C14H11BrF3N/c15-10-5-4-8(6-13(10)18)14(19)7-9-11(16)2-1-3-12(9)17/h1-6,14H,7,19H2. The molecule has 0 heterocycles.